The van der Waals surface area contributed by atoms with Gasteiger partial charge in [-0.25, -0.2) is 9.18 Å². The molecule has 2 aromatic rings. The predicted octanol–water partition coefficient (Wildman–Crippen LogP) is 3.57. The van der Waals surface area contributed by atoms with Gasteiger partial charge in [-0.15, -0.1) is 0 Å². The zero-order valence-corrected chi connectivity index (χ0v) is 15.4. The van der Waals surface area contributed by atoms with Crippen LogP contribution in [0.3, 0.4) is 0 Å². The molecule has 0 unspecified atom stereocenters. The fourth-order valence-corrected chi connectivity index (χ4v) is 2.42. The average Bonchev–Trinajstić information content (AvgIpc) is 2.67. The molecule has 1 atom stereocenters. The van der Waals surface area contributed by atoms with Crippen molar-refractivity contribution in [2.45, 2.75) is 20.0 Å². The third-order valence-corrected chi connectivity index (χ3v) is 3.78. The molecule has 2 aromatic carbocycles. The Bertz CT molecular complexity index is 896. The lowest BCUT2D eigenvalue weighted by Crippen LogP contribution is -2.25. The number of esters is 1. The van der Waals surface area contributed by atoms with Gasteiger partial charge in [0.1, 0.15) is 11.4 Å². The fraction of sp³-hybridized carbons (Fsp3) is 0.263. The van der Waals surface area contributed by atoms with E-state index in [0.717, 1.165) is 24.3 Å². The second-order valence-electron chi connectivity index (χ2n) is 5.63. The highest BCUT2D eigenvalue weighted by Gasteiger charge is 2.28. The highest BCUT2D eigenvalue weighted by Crippen LogP contribution is 2.35. The molecule has 148 valence electrons. The van der Waals surface area contributed by atoms with Crippen LogP contribution in [-0.2, 0) is 4.74 Å². The Morgan fingerprint density at radius 1 is 1.18 bits per heavy atom. The standard InChI is InChI=1S/C19H18FNO7/c1-4-27-17-10-15(21(24)25)14(9-16(17)26-3)19(23)28-11(2)18(22)12-5-7-13(20)8-6-12/h5-11H,4H2,1-3H3/t11-/m0/s1. The number of rotatable bonds is 8. The number of methoxy groups -OCH3 is 1. The van der Waals surface area contributed by atoms with Crippen LogP contribution in [-0.4, -0.2) is 36.5 Å². The number of Topliss-reactive ketones (excluding diaryl/α,β-unsaturated/α-hetero) is 1. The molecule has 8 nitrogen and oxygen atoms in total. The fourth-order valence-electron chi connectivity index (χ4n) is 2.42. The molecule has 28 heavy (non-hydrogen) atoms. The van der Waals surface area contributed by atoms with Crippen LogP contribution in [0.4, 0.5) is 10.1 Å². The Hall–Kier alpha value is -3.49. The van der Waals surface area contributed by atoms with Crippen molar-refractivity contribution in [3.8, 4) is 11.5 Å². The van der Waals surface area contributed by atoms with Crippen molar-refractivity contribution in [3.05, 3.63) is 63.5 Å². The first-order valence-corrected chi connectivity index (χ1v) is 8.28. The average molecular weight is 391 g/mol. The van der Waals surface area contributed by atoms with E-state index in [1.54, 1.807) is 6.92 Å². The van der Waals surface area contributed by atoms with E-state index in [-0.39, 0.29) is 29.2 Å². The summed E-state index contributed by atoms with van der Waals surface area (Å²) in [6, 6.07) is 6.90. The van der Waals surface area contributed by atoms with Crippen LogP contribution in [0.2, 0.25) is 0 Å². The number of carbonyl (C=O) groups excluding carboxylic acids is 2. The smallest absolute Gasteiger partial charge is 0.346 e. The zero-order valence-electron chi connectivity index (χ0n) is 15.4. The molecule has 0 saturated carbocycles. The number of carbonyl (C=O) groups is 2. The molecule has 0 radical (unpaired) electrons. The number of hydrogen-bond acceptors (Lipinski definition) is 7. The van der Waals surface area contributed by atoms with Crippen LogP contribution in [0.15, 0.2) is 36.4 Å². The molecule has 0 fully saturated rings. The second kappa shape index (κ2) is 8.94. The van der Waals surface area contributed by atoms with Gasteiger partial charge in [-0.2, -0.15) is 0 Å². The van der Waals surface area contributed by atoms with E-state index >= 15 is 0 Å². The van der Waals surface area contributed by atoms with Crippen molar-refractivity contribution >= 4 is 17.4 Å². The summed E-state index contributed by atoms with van der Waals surface area (Å²) in [5, 5.41) is 11.4. The minimum absolute atomic E-state index is 0.101. The van der Waals surface area contributed by atoms with Crippen molar-refractivity contribution < 1.29 is 33.1 Å². The van der Waals surface area contributed by atoms with Gasteiger partial charge in [-0.05, 0) is 38.1 Å². The third kappa shape index (κ3) is 4.61. The maximum absolute atomic E-state index is 13.0. The van der Waals surface area contributed by atoms with E-state index in [1.807, 2.05) is 0 Å². The molecular weight excluding hydrogens is 373 g/mol. The van der Waals surface area contributed by atoms with Gasteiger partial charge in [0.05, 0.1) is 24.7 Å². The first-order valence-electron chi connectivity index (χ1n) is 8.28. The van der Waals surface area contributed by atoms with E-state index in [2.05, 4.69) is 0 Å². The molecule has 0 amide bonds. The van der Waals surface area contributed by atoms with Gasteiger partial charge in [0.25, 0.3) is 5.69 Å². The van der Waals surface area contributed by atoms with E-state index in [0.29, 0.717) is 0 Å². The monoisotopic (exact) mass is 391 g/mol. The van der Waals surface area contributed by atoms with Gasteiger partial charge in [0.2, 0.25) is 5.78 Å². The summed E-state index contributed by atoms with van der Waals surface area (Å²) in [6.45, 7) is 3.25. The molecule has 9 heteroatoms. The largest absolute Gasteiger partial charge is 0.493 e. The first kappa shape index (κ1) is 20.8. The van der Waals surface area contributed by atoms with Crippen LogP contribution < -0.4 is 9.47 Å². The number of nitro groups is 1. The number of nitro benzene ring substituents is 1. The molecule has 0 aliphatic heterocycles. The number of ketones is 1. The number of benzene rings is 2. The molecule has 0 spiro atoms. The summed E-state index contributed by atoms with van der Waals surface area (Å²) >= 11 is 0. The van der Waals surface area contributed by atoms with E-state index in [1.165, 1.54) is 26.2 Å². The highest BCUT2D eigenvalue weighted by molar-refractivity contribution is 6.02. The Balaban J connectivity index is 2.30. The minimum Gasteiger partial charge on any atom is -0.493 e. The zero-order chi connectivity index (χ0) is 20.8. The predicted molar refractivity (Wildman–Crippen MR) is 96.4 cm³/mol. The SMILES string of the molecule is CCOc1cc([N+](=O)[O-])c(C(=O)O[C@@H](C)C(=O)c2ccc(F)cc2)cc1OC. The van der Waals surface area contributed by atoms with Gasteiger partial charge in [-0.1, -0.05) is 0 Å². The maximum Gasteiger partial charge on any atom is 0.346 e. The highest BCUT2D eigenvalue weighted by atomic mass is 19.1. The summed E-state index contributed by atoms with van der Waals surface area (Å²) in [4.78, 5) is 35.4. The summed E-state index contributed by atoms with van der Waals surface area (Å²) in [5.41, 5.74) is -0.791. The second-order valence-corrected chi connectivity index (χ2v) is 5.63. The first-order chi connectivity index (χ1) is 13.3. The van der Waals surface area contributed by atoms with Gasteiger partial charge in [0.15, 0.2) is 17.6 Å². The Morgan fingerprint density at radius 2 is 1.82 bits per heavy atom. The van der Waals surface area contributed by atoms with Crippen molar-refractivity contribution in [1.82, 2.24) is 0 Å². The Kier molecular flexibility index (Phi) is 6.64. The van der Waals surface area contributed by atoms with Crippen LogP contribution in [0.25, 0.3) is 0 Å². The maximum atomic E-state index is 13.0. The number of halogens is 1. The molecule has 0 aliphatic carbocycles. The van der Waals surface area contributed by atoms with Gasteiger partial charge < -0.3 is 14.2 Å². The minimum atomic E-state index is -1.24. The van der Waals surface area contributed by atoms with Crippen LogP contribution >= 0.6 is 0 Å². The molecular formula is C19H18FNO7. The van der Waals surface area contributed by atoms with Gasteiger partial charge >= 0.3 is 5.97 Å². The number of hydrogen-bond donors (Lipinski definition) is 0. The summed E-state index contributed by atoms with van der Waals surface area (Å²) < 4.78 is 28.4. The normalized spacial score (nSPS) is 11.4. The third-order valence-electron chi connectivity index (χ3n) is 3.78. The van der Waals surface area contributed by atoms with Crippen molar-refractivity contribution in [2.75, 3.05) is 13.7 Å². The van der Waals surface area contributed by atoms with Crippen LogP contribution in [0, 0.1) is 15.9 Å². The van der Waals surface area contributed by atoms with Crippen molar-refractivity contribution in [3.63, 3.8) is 0 Å². The molecule has 0 N–H and O–H groups in total. The molecule has 0 aliphatic rings. The lowest BCUT2D eigenvalue weighted by Gasteiger charge is -2.14. The summed E-state index contributed by atoms with van der Waals surface area (Å²) in [7, 11) is 1.32. The van der Waals surface area contributed by atoms with Crippen LogP contribution in [0.5, 0.6) is 11.5 Å². The lowest BCUT2D eigenvalue weighted by atomic mass is 10.1. The lowest BCUT2D eigenvalue weighted by molar-refractivity contribution is -0.385. The van der Waals surface area contributed by atoms with E-state index in [4.69, 9.17) is 14.2 Å². The van der Waals surface area contributed by atoms with E-state index in [9.17, 15) is 24.1 Å². The summed E-state index contributed by atoms with van der Waals surface area (Å²) in [6.07, 6.45) is -1.24. The molecule has 0 bridgehead atoms. The Morgan fingerprint density at radius 3 is 2.36 bits per heavy atom. The van der Waals surface area contributed by atoms with Crippen molar-refractivity contribution in [2.24, 2.45) is 0 Å². The number of ether oxygens (including phenoxy) is 3. The molecule has 0 aromatic heterocycles. The van der Waals surface area contributed by atoms with E-state index < -0.39 is 34.3 Å². The quantitative estimate of drug-likeness (QED) is 0.293. The van der Waals surface area contributed by atoms with Crippen LogP contribution in [0.1, 0.15) is 34.6 Å². The van der Waals surface area contributed by atoms with Crippen molar-refractivity contribution in [1.29, 1.82) is 0 Å². The summed E-state index contributed by atoms with van der Waals surface area (Å²) in [5.74, 6) is -1.95. The number of nitrogens with zero attached hydrogens (tertiary/aromatic N) is 1. The Labute approximate surface area is 160 Å². The van der Waals surface area contributed by atoms with Gasteiger partial charge in [-0.3, -0.25) is 14.9 Å². The molecule has 0 heterocycles. The topological polar surface area (TPSA) is 105 Å². The molecule has 0 saturated heterocycles. The van der Waals surface area contributed by atoms with Gasteiger partial charge in [0, 0.05) is 11.6 Å². The molecule has 2 rings (SSSR count).